The quantitative estimate of drug-likeness (QED) is 0.138. The molecule has 0 fully saturated rings. The summed E-state index contributed by atoms with van der Waals surface area (Å²) in [5, 5.41) is 18.8. The van der Waals surface area contributed by atoms with Crippen molar-refractivity contribution < 1.29 is 28.9 Å². The Morgan fingerprint density at radius 3 is 2.21 bits per heavy atom. The fraction of sp³-hybridized carbons (Fsp3) is 0.235. The molecule has 0 atom stereocenters. The molecular weight excluding hydrogens is 557 g/mol. The van der Waals surface area contributed by atoms with Crippen LogP contribution in [0.5, 0.6) is 5.75 Å². The van der Waals surface area contributed by atoms with Gasteiger partial charge >= 0.3 is 11.9 Å². The predicted octanol–water partition coefficient (Wildman–Crippen LogP) is 7.72. The molecule has 6 nitrogen and oxygen atoms in total. The normalized spacial score (nSPS) is 11.0. The van der Waals surface area contributed by atoms with Crippen molar-refractivity contribution in [2.75, 3.05) is 13.1 Å². The monoisotopic (exact) mass is 589 g/mol. The third-order valence-corrected chi connectivity index (χ3v) is 7.36. The van der Waals surface area contributed by atoms with Crippen LogP contribution >= 0.6 is 11.6 Å². The summed E-state index contributed by atoms with van der Waals surface area (Å²) in [7, 11) is 0. The van der Waals surface area contributed by atoms with Gasteiger partial charge in [-0.2, -0.15) is 0 Å². The topological polar surface area (TPSA) is 87.1 Å². The number of rotatable bonds is 15. The Morgan fingerprint density at radius 2 is 1.52 bits per heavy atom. The molecule has 0 unspecified atom stereocenters. The second-order valence-corrected chi connectivity index (χ2v) is 10.5. The van der Waals surface area contributed by atoms with Gasteiger partial charge in [-0.05, 0) is 84.5 Å². The molecule has 0 heterocycles. The maximum atomic E-state index is 13.3. The number of hydrogen-bond donors (Lipinski definition) is 2. The largest absolute Gasteiger partial charge is 0.489 e. The van der Waals surface area contributed by atoms with Crippen molar-refractivity contribution in [1.29, 1.82) is 0 Å². The first-order valence-electron chi connectivity index (χ1n) is 13.8. The van der Waals surface area contributed by atoms with Gasteiger partial charge in [-0.25, -0.2) is 9.18 Å². The fourth-order valence-electron chi connectivity index (χ4n) is 4.66. The van der Waals surface area contributed by atoms with Crippen molar-refractivity contribution in [3.8, 4) is 16.9 Å². The Bertz CT molecular complexity index is 1490. The summed E-state index contributed by atoms with van der Waals surface area (Å²) in [6, 6.07) is 26.6. The zero-order valence-electron chi connectivity index (χ0n) is 23.1. The molecule has 8 heteroatoms. The van der Waals surface area contributed by atoms with E-state index >= 15 is 0 Å². The third kappa shape index (κ3) is 9.16. The Morgan fingerprint density at radius 1 is 0.810 bits per heavy atom. The molecule has 0 aliphatic carbocycles. The van der Waals surface area contributed by atoms with Crippen molar-refractivity contribution in [3.63, 3.8) is 0 Å². The van der Waals surface area contributed by atoms with Gasteiger partial charge in [0.15, 0.2) is 0 Å². The van der Waals surface area contributed by atoms with E-state index in [1.54, 1.807) is 24.3 Å². The minimum absolute atomic E-state index is 0.130. The van der Waals surface area contributed by atoms with Crippen LogP contribution in [0.15, 0.2) is 91.0 Å². The van der Waals surface area contributed by atoms with Gasteiger partial charge in [0.05, 0.1) is 5.56 Å². The predicted molar refractivity (Wildman–Crippen MR) is 161 cm³/mol. The molecule has 0 spiro atoms. The van der Waals surface area contributed by atoms with Gasteiger partial charge in [-0.15, -0.1) is 0 Å². The number of aromatic carboxylic acids is 1. The summed E-state index contributed by atoms with van der Waals surface area (Å²) >= 11 is 6.57. The van der Waals surface area contributed by atoms with Gasteiger partial charge in [0.25, 0.3) is 0 Å². The second-order valence-electron chi connectivity index (χ2n) is 10.1. The number of carbonyl (C=O) groups is 2. The van der Waals surface area contributed by atoms with Gasteiger partial charge in [-0.1, -0.05) is 66.2 Å². The molecule has 42 heavy (non-hydrogen) atoms. The highest BCUT2D eigenvalue weighted by Crippen LogP contribution is 2.28. The van der Waals surface area contributed by atoms with Crippen molar-refractivity contribution in [3.05, 3.63) is 124 Å². The van der Waals surface area contributed by atoms with E-state index in [2.05, 4.69) is 4.90 Å². The number of aliphatic carboxylic acids is 1. The van der Waals surface area contributed by atoms with E-state index in [0.717, 1.165) is 40.0 Å². The SMILES string of the molecule is O=C(O)CCCCN(CCc1ccccc1OCc1ccc(-c2ccc(F)cc2)cc1Cl)Cc1ccc(C(=O)O)cc1. The molecule has 0 aliphatic rings. The molecular formula is C34H33ClFNO5. The summed E-state index contributed by atoms with van der Waals surface area (Å²) < 4.78 is 19.5. The van der Waals surface area contributed by atoms with Crippen molar-refractivity contribution in [1.82, 2.24) is 4.90 Å². The van der Waals surface area contributed by atoms with Crippen molar-refractivity contribution in [2.24, 2.45) is 0 Å². The zero-order chi connectivity index (χ0) is 29.9. The number of nitrogens with zero attached hydrogens (tertiary/aromatic N) is 1. The highest BCUT2D eigenvalue weighted by molar-refractivity contribution is 6.31. The zero-order valence-corrected chi connectivity index (χ0v) is 23.9. The van der Waals surface area contributed by atoms with E-state index in [4.69, 9.17) is 21.4 Å². The van der Waals surface area contributed by atoms with Crippen LogP contribution in [0.2, 0.25) is 5.02 Å². The minimum Gasteiger partial charge on any atom is -0.489 e. The van der Waals surface area contributed by atoms with Gasteiger partial charge in [0, 0.05) is 30.1 Å². The molecule has 4 rings (SSSR count). The highest BCUT2D eigenvalue weighted by atomic mass is 35.5. The third-order valence-electron chi connectivity index (χ3n) is 7.01. The second kappa shape index (κ2) is 15.1. The Kier molecular flexibility index (Phi) is 11.1. The summed E-state index contributed by atoms with van der Waals surface area (Å²) in [5.74, 6) is -1.30. The first kappa shape index (κ1) is 30.8. The highest BCUT2D eigenvalue weighted by Gasteiger charge is 2.12. The number of para-hydroxylation sites is 1. The van der Waals surface area contributed by atoms with Crippen LogP contribution in [0.1, 0.15) is 46.3 Å². The molecule has 0 amide bonds. The molecule has 0 aliphatic heterocycles. The van der Waals surface area contributed by atoms with Crippen LogP contribution in [-0.4, -0.2) is 40.1 Å². The standard InChI is InChI=1S/C34H33ClFNO5/c35-31-21-28(25-14-16-30(36)17-15-25)12-13-29(31)23-42-32-6-2-1-5-26(32)18-20-37(19-4-3-7-33(38)39)22-24-8-10-27(11-9-24)34(40)41/h1-2,5-6,8-17,21H,3-4,7,18-20,22-23H2,(H,38,39)(H,40,41). The van der Waals surface area contributed by atoms with Crippen LogP contribution in [0.25, 0.3) is 11.1 Å². The van der Waals surface area contributed by atoms with Gasteiger partial charge in [0.1, 0.15) is 18.2 Å². The smallest absolute Gasteiger partial charge is 0.335 e. The average Bonchev–Trinajstić information content (AvgIpc) is 2.98. The van der Waals surface area contributed by atoms with Crippen molar-refractivity contribution in [2.45, 2.75) is 38.8 Å². The first-order chi connectivity index (χ1) is 20.3. The number of ether oxygens (including phenoxy) is 1. The lowest BCUT2D eigenvalue weighted by Gasteiger charge is -2.23. The number of halogens is 2. The molecule has 0 saturated carbocycles. The van der Waals surface area contributed by atoms with Gasteiger partial charge < -0.3 is 14.9 Å². The summed E-state index contributed by atoms with van der Waals surface area (Å²) in [5.41, 5.74) is 4.87. The van der Waals surface area contributed by atoms with E-state index in [-0.39, 0.29) is 24.4 Å². The maximum Gasteiger partial charge on any atom is 0.335 e. The molecule has 0 bridgehead atoms. The lowest BCUT2D eigenvalue weighted by Crippen LogP contribution is -2.27. The van der Waals surface area contributed by atoms with E-state index in [1.807, 2.05) is 54.6 Å². The lowest BCUT2D eigenvalue weighted by atomic mass is 10.0. The fourth-order valence-corrected chi connectivity index (χ4v) is 4.90. The van der Waals surface area contributed by atoms with Gasteiger partial charge in [0.2, 0.25) is 0 Å². The molecule has 0 aromatic heterocycles. The summed E-state index contributed by atoms with van der Waals surface area (Å²) in [6.07, 6.45) is 2.17. The maximum absolute atomic E-state index is 13.3. The van der Waals surface area contributed by atoms with E-state index in [0.29, 0.717) is 37.5 Å². The summed E-state index contributed by atoms with van der Waals surface area (Å²) in [4.78, 5) is 24.4. The molecule has 0 radical (unpaired) electrons. The molecule has 0 saturated heterocycles. The van der Waals surface area contributed by atoms with Crippen LogP contribution in [0.4, 0.5) is 4.39 Å². The molecule has 4 aromatic rings. The van der Waals surface area contributed by atoms with Crippen LogP contribution in [-0.2, 0) is 24.4 Å². The Balaban J connectivity index is 1.40. The Hall–Kier alpha value is -4.20. The average molecular weight is 590 g/mol. The lowest BCUT2D eigenvalue weighted by molar-refractivity contribution is -0.137. The molecule has 4 aromatic carbocycles. The van der Waals surface area contributed by atoms with E-state index in [1.165, 1.54) is 12.1 Å². The van der Waals surface area contributed by atoms with Crippen LogP contribution < -0.4 is 4.74 Å². The number of unbranched alkanes of at least 4 members (excludes halogenated alkanes) is 1. The summed E-state index contributed by atoms with van der Waals surface area (Å²) in [6.45, 7) is 2.33. The van der Waals surface area contributed by atoms with E-state index < -0.39 is 11.9 Å². The number of carboxylic acids is 2. The van der Waals surface area contributed by atoms with Crippen LogP contribution in [0.3, 0.4) is 0 Å². The first-order valence-corrected chi connectivity index (χ1v) is 14.2. The number of benzene rings is 4. The van der Waals surface area contributed by atoms with Crippen LogP contribution in [0, 0.1) is 5.82 Å². The van der Waals surface area contributed by atoms with Gasteiger partial charge in [-0.3, -0.25) is 9.69 Å². The minimum atomic E-state index is -0.964. The van der Waals surface area contributed by atoms with Crippen molar-refractivity contribution >= 4 is 23.5 Å². The Labute approximate surface area is 250 Å². The number of carboxylic acid groups (broad SMARTS) is 2. The molecule has 2 N–H and O–H groups in total. The number of hydrogen-bond acceptors (Lipinski definition) is 4. The van der Waals surface area contributed by atoms with E-state index in [9.17, 15) is 19.1 Å². The molecule has 218 valence electrons.